The standard InChI is InChI=1S/C15H22N2O/c1-3-13(12-7-5-4-6-8-12)14(18)17-15(2)9-10-16-11-15/h4-8,13,16H,3,9-11H2,1-2H3,(H,17,18). The highest BCUT2D eigenvalue weighted by atomic mass is 16.2. The lowest BCUT2D eigenvalue weighted by Gasteiger charge is -2.27. The van der Waals surface area contributed by atoms with E-state index in [1.54, 1.807) is 0 Å². The van der Waals surface area contributed by atoms with Gasteiger partial charge in [-0.05, 0) is 31.9 Å². The van der Waals surface area contributed by atoms with E-state index in [1.165, 1.54) is 0 Å². The van der Waals surface area contributed by atoms with Crippen LogP contribution in [-0.2, 0) is 4.79 Å². The van der Waals surface area contributed by atoms with Gasteiger partial charge in [-0.1, -0.05) is 37.3 Å². The molecule has 1 heterocycles. The molecule has 1 fully saturated rings. The van der Waals surface area contributed by atoms with Crippen LogP contribution in [0, 0.1) is 0 Å². The molecule has 0 saturated carbocycles. The Balaban J connectivity index is 2.06. The number of hydrogen-bond acceptors (Lipinski definition) is 2. The van der Waals surface area contributed by atoms with E-state index in [0.29, 0.717) is 0 Å². The van der Waals surface area contributed by atoms with Crippen molar-refractivity contribution in [3.63, 3.8) is 0 Å². The highest BCUT2D eigenvalue weighted by molar-refractivity contribution is 5.84. The Bertz CT molecular complexity index is 396. The Hall–Kier alpha value is -1.35. The van der Waals surface area contributed by atoms with Crippen molar-refractivity contribution in [1.82, 2.24) is 10.6 Å². The van der Waals surface area contributed by atoms with E-state index in [2.05, 4.69) is 24.5 Å². The second kappa shape index (κ2) is 5.53. The fraction of sp³-hybridized carbons (Fsp3) is 0.533. The van der Waals surface area contributed by atoms with E-state index in [9.17, 15) is 4.79 Å². The topological polar surface area (TPSA) is 41.1 Å². The van der Waals surface area contributed by atoms with Gasteiger partial charge in [0, 0.05) is 6.54 Å². The quantitative estimate of drug-likeness (QED) is 0.853. The van der Waals surface area contributed by atoms with Gasteiger partial charge in [0.1, 0.15) is 0 Å². The summed E-state index contributed by atoms with van der Waals surface area (Å²) >= 11 is 0. The van der Waals surface area contributed by atoms with Crippen LogP contribution in [0.3, 0.4) is 0 Å². The van der Waals surface area contributed by atoms with Crippen molar-refractivity contribution < 1.29 is 4.79 Å². The van der Waals surface area contributed by atoms with Crippen LogP contribution in [0.1, 0.15) is 38.2 Å². The molecule has 0 radical (unpaired) electrons. The molecule has 1 aliphatic rings. The first-order chi connectivity index (χ1) is 8.64. The van der Waals surface area contributed by atoms with E-state index < -0.39 is 0 Å². The summed E-state index contributed by atoms with van der Waals surface area (Å²) in [6, 6.07) is 10.0. The monoisotopic (exact) mass is 246 g/mol. The summed E-state index contributed by atoms with van der Waals surface area (Å²) in [5, 5.41) is 6.50. The van der Waals surface area contributed by atoms with Crippen molar-refractivity contribution in [2.75, 3.05) is 13.1 Å². The molecule has 3 heteroatoms. The highest BCUT2D eigenvalue weighted by Gasteiger charge is 2.32. The normalized spacial score (nSPS) is 24.8. The summed E-state index contributed by atoms with van der Waals surface area (Å²) in [5.41, 5.74) is 1.02. The summed E-state index contributed by atoms with van der Waals surface area (Å²) in [7, 11) is 0. The zero-order valence-corrected chi connectivity index (χ0v) is 11.2. The summed E-state index contributed by atoms with van der Waals surface area (Å²) in [4.78, 5) is 12.4. The third-order valence-corrected chi connectivity index (χ3v) is 3.72. The van der Waals surface area contributed by atoms with Crippen LogP contribution in [0.2, 0.25) is 0 Å². The summed E-state index contributed by atoms with van der Waals surface area (Å²) in [6.07, 6.45) is 1.84. The lowest BCUT2D eigenvalue weighted by molar-refractivity contribution is -0.124. The Morgan fingerprint density at radius 1 is 1.44 bits per heavy atom. The molecule has 2 atom stereocenters. The molecule has 1 saturated heterocycles. The summed E-state index contributed by atoms with van der Waals surface area (Å²) < 4.78 is 0. The molecule has 1 aromatic rings. The minimum Gasteiger partial charge on any atom is -0.349 e. The first-order valence-corrected chi connectivity index (χ1v) is 6.72. The maximum atomic E-state index is 12.4. The number of hydrogen-bond donors (Lipinski definition) is 2. The smallest absolute Gasteiger partial charge is 0.227 e. The van der Waals surface area contributed by atoms with Gasteiger partial charge in [-0.3, -0.25) is 4.79 Å². The number of benzene rings is 1. The first-order valence-electron chi connectivity index (χ1n) is 6.72. The maximum Gasteiger partial charge on any atom is 0.227 e. The molecule has 0 spiro atoms. The Labute approximate surface area is 109 Å². The third kappa shape index (κ3) is 2.91. The molecular weight excluding hydrogens is 224 g/mol. The van der Waals surface area contributed by atoms with Crippen LogP contribution in [0.5, 0.6) is 0 Å². The molecular formula is C15H22N2O. The van der Waals surface area contributed by atoms with Gasteiger partial charge in [0.2, 0.25) is 5.91 Å². The number of nitrogens with one attached hydrogen (secondary N) is 2. The third-order valence-electron chi connectivity index (χ3n) is 3.72. The minimum absolute atomic E-state index is 0.0383. The van der Waals surface area contributed by atoms with E-state index in [1.807, 2.05) is 30.3 Å². The van der Waals surface area contributed by atoms with Gasteiger partial charge in [-0.15, -0.1) is 0 Å². The van der Waals surface area contributed by atoms with Gasteiger partial charge in [-0.25, -0.2) is 0 Å². The lowest BCUT2D eigenvalue weighted by Crippen LogP contribution is -2.49. The van der Waals surface area contributed by atoms with Crippen molar-refractivity contribution in [2.24, 2.45) is 0 Å². The predicted octanol–water partition coefficient (Wildman–Crippen LogP) is 2.05. The van der Waals surface area contributed by atoms with Crippen LogP contribution in [-0.4, -0.2) is 24.5 Å². The molecule has 1 aromatic carbocycles. The zero-order valence-electron chi connectivity index (χ0n) is 11.2. The van der Waals surface area contributed by atoms with Gasteiger partial charge in [0.15, 0.2) is 0 Å². The van der Waals surface area contributed by atoms with Gasteiger partial charge in [-0.2, -0.15) is 0 Å². The molecule has 98 valence electrons. The maximum absolute atomic E-state index is 12.4. The molecule has 1 aliphatic heterocycles. The SMILES string of the molecule is CCC(C(=O)NC1(C)CCNC1)c1ccccc1. The van der Waals surface area contributed by atoms with E-state index in [-0.39, 0.29) is 17.4 Å². The number of amides is 1. The largest absolute Gasteiger partial charge is 0.349 e. The van der Waals surface area contributed by atoms with Gasteiger partial charge < -0.3 is 10.6 Å². The van der Waals surface area contributed by atoms with E-state index >= 15 is 0 Å². The van der Waals surface area contributed by atoms with Crippen LogP contribution in [0.25, 0.3) is 0 Å². The number of carbonyl (C=O) groups is 1. The van der Waals surface area contributed by atoms with Crippen molar-refractivity contribution >= 4 is 5.91 Å². The predicted molar refractivity (Wildman–Crippen MR) is 73.5 cm³/mol. The van der Waals surface area contributed by atoms with E-state index in [4.69, 9.17) is 0 Å². The number of carbonyl (C=O) groups excluding carboxylic acids is 1. The van der Waals surface area contributed by atoms with Crippen molar-refractivity contribution in [1.29, 1.82) is 0 Å². The van der Waals surface area contributed by atoms with Crippen LogP contribution >= 0.6 is 0 Å². The van der Waals surface area contributed by atoms with Gasteiger partial charge in [0.05, 0.1) is 11.5 Å². The van der Waals surface area contributed by atoms with Crippen LogP contribution < -0.4 is 10.6 Å². The van der Waals surface area contributed by atoms with Crippen LogP contribution in [0.15, 0.2) is 30.3 Å². The van der Waals surface area contributed by atoms with Crippen molar-refractivity contribution in [3.8, 4) is 0 Å². The molecule has 2 rings (SSSR count). The molecule has 3 nitrogen and oxygen atoms in total. The highest BCUT2D eigenvalue weighted by Crippen LogP contribution is 2.22. The second-order valence-electron chi connectivity index (χ2n) is 5.35. The molecule has 0 bridgehead atoms. The van der Waals surface area contributed by atoms with Gasteiger partial charge >= 0.3 is 0 Å². The average molecular weight is 246 g/mol. The molecule has 1 amide bonds. The van der Waals surface area contributed by atoms with E-state index in [0.717, 1.165) is 31.5 Å². The second-order valence-corrected chi connectivity index (χ2v) is 5.35. The van der Waals surface area contributed by atoms with Crippen molar-refractivity contribution in [3.05, 3.63) is 35.9 Å². The summed E-state index contributed by atoms with van der Waals surface area (Å²) in [6.45, 7) is 6.03. The van der Waals surface area contributed by atoms with Crippen molar-refractivity contribution in [2.45, 2.75) is 38.1 Å². The summed E-state index contributed by atoms with van der Waals surface area (Å²) in [5.74, 6) is 0.110. The Morgan fingerprint density at radius 3 is 2.72 bits per heavy atom. The van der Waals surface area contributed by atoms with Gasteiger partial charge in [0.25, 0.3) is 0 Å². The fourth-order valence-corrected chi connectivity index (χ4v) is 2.57. The average Bonchev–Trinajstić information content (AvgIpc) is 2.78. The Kier molecular flexibility index (Phi) is 4.02. The molecule has 2 unspecified atom stereocenters. The van der Waals surface area contributed by atoms with Crippen LogP contribution in [0.4, 0.5) is 0 Å². The fourth-order valence-electron chi connectivity index (χ4n) is 2.57. The minimum atomic E-state index is -0.0840. The molecule has 18 heavy (non-hydrogen) atoms. The lowest BCUT2D eigenvalue weighted by atomic mass is 9.93. The first kappa shape index (κ1) is 13.1. The number of rotatable bonds is 4. The molecule has 2 N–H and O–H groups in total. The zero-order chi connectivity index (χ0) is 13.0. The molecule has 0 aromatic heterocycles. The molecule has 0 aliphatic carbocycles. The Morgan fingerprint density at radius 2 is 2.17 bits per heavy atom.